The third kappa shape index (κ3) is 6.11. The summed E-state index contributed by atoms with van der Waals surface area (Å²) >= 11 is 0. The van der Waals surface area contributed by atoms with Gasteiger partial charge in [0.05, 0.1) is 22.9 Å². The summed E-state index contributed by atoms with van der Waals surface area (Å²) in [6.45, 7) is 0. The third-order valence-electron chi connectivity index (χ3n) is 9.97. The van der Waals surface area contributed by atoms with Gasteiger partial charge in [-0.1, -0.05) is 121 Å². The molecule has 0 fully saturated rings. The van der Waals surface area contributed by atoms with Gasteiger partial charge in [-0.15, -0.1) is 0 Å². The van der Waals surface area contributed by atoms with Gasteiger partial charge in [-0.05, 0) is 76.9 Å². The maximum atomic E-state index is 5.10. The van der Waals surface area contributed by atoms with E-state index in [2.05, 4.69) is 124 Å². The second-order valence-corrected chi connectivity index (χ2v) is 13.4. The number of rotatable bonds is 7. The van der Waals surface area contributed by atoms with Crippen LogP contribution in [0.5, 0.6) is 0 Å². The van der Waals surface area contributed by atoms with Crippen molar-refractivity contribution in [3.63, 3.8) is 0 Å². The van der Waals surface area contributed by atoms with Crippen LogP contribution in [-0.2, 0) is 0 Å². The molecule has 0 radical (unpaired) electrons. The first kappa shape index (κ1) is 32.1. The van der Waals surface area contributed by atoms with Crippen molar-refractivity contribution < 1.29 is 0 Å². The minimum Gasteiger partial charge on any atom is -0.309 e. The molecular weight excluding hydrogens is 673 g/mol. The predicted molar refractivity (Wildman–Crippen MR) is 222 cm³/mol. The van der Waals surface area contributed by atoms with E-state index in [1.54, 1.807) is 12.4 Å². The lowest BCUT2D eigenvalue weighted by Crippen LogP contribution is -2.00. The Morgan fingerprint density at radius 2 is 0.818 bits per heavy atom. The van der Waals surface area contributed by atoms with E-state index >= 15 is 0 Å². The maximum absolute atomic E-state index is 5.10. The molecule has 0 N–H and O–H groups in total. The Morgan fingerprint density at radius 1 is 0.345 bits per heavy atom. The van der Waals surface area contributed by atoms with Crippen LogP contribution in [0.1, 0.15) is 0 Å². The summed E-state index contributed by atoms with van der Waals surface area (Å²) in [6.07, 6.45) is 5.25. The predicted octanol–water partition coefficient (Wildman–Crippen LogP) is 11.8. The normalized spacial score (nSPS) is 11.3. The van der Waals surface area contributed by atoms with Crippen LogP contribution in [0.4, 0.5) is 0 Å². The highest BCUT2D eigenvalue weighted by Crippen LogP contribution is 2.39. The molecule has 0 bridgehead atoms. The van der Waals surface area contributed by atoms with Gasteiger partial charge < -0.3 is 4.57 Å². The number of hydrogen-bond donors (Lipinski definition) is 0. The van der Waals surface area contributed by atoms with Crippen molar-refractivity contribution in [3.8, 4) is 73.4 Å². The van der Waals surface area contributed by atoms with Crippen molar-refractivity contribution >= 4 is 21.8 Å². The Labute approximate surface area is 318 Å². The van der Waals surface area contributed by atoms with E-state index in [0.29, 0.717) is 17.5 Å². The number of fused-ring (bicyclic) bond motifs is 3. The van der Waals surface area contributed by atoms with Gasteiger partial charge in [-0.2, -0.15) is 0 Å². The first-order valence-electron chi connectivity index (χ1n) is 18.2. The van der Waals surface area contributed by atoms with E-state index in [1.165, 1.54) is 0 Å². The van der Waals surface area contributed by atoms with Crippen LogP contribution >= 0.6 is 0 Å². The van der Waals surface area contributed by atoms with Crippen LogP contribution in [0, 0.1) is 0 Å². The van der Waals surface area contributed by atoms with Gasteiger partial charge in [0.15, 0.2) is 17.5 Å². The molecule has 55 heavy (non-hydrogen) atoms. The molecule has 0 saturated carbocycles. The Kier molecular flexibility index (Phi) is 8.04. The highest BCUT2D eigenvalue weighted by Gasteiger charge is 2.18. The van der Waals surface area contributed by atoms with E-state index in [1.807, 2.05) is 72.9 Å². The summed E-state index contributed by atoms with van der Waals surface area (Å²) in [5, 5.41) is 2.28. The van der Waals surface area contributed by atoms with Gasteiger partial charge in [-0.3, -0.25) is 9.97 Å². The Morgan fingerprint density at radius 3 is 1.38 bits per heavy atom. The largest absolute Gasteiger partial charge is 0.309 e. The van der Waals surface area contributed by atoms with Gasteiger partial charge in [0.1, 0.15) is 0 Å². The highest BCUT2D eigenvalue weighted by atomic mass is 15.0. The number of aromatic nitrogens is 6. The minimum atomic E-state index is 0.613. The monoisotopic (exact) mass is 704 g/mol. The Balaban J connectivity index is 1.20. The van der Waals surface area contributed by atoms with Crippen LogP contribution in [0.25, 0.3) is 95.2 Å². The van der Waals surface area contributed by atoms with Crippen molar-refractivity contribution in [2.45, 2.75) is 0 Å². The van der Waals surface area contributed by atoms with E-state index in [0.717, 1.165) is 77.7 Å². The van der Waals surface area contributed by atoms with Crippen LogP contribution in [0.3, 0.4) is 0 Å². The SMILES string of the molecule is c1ccc(-c2cc(-c3ccc4c(c3)c3cc(-c5cnccn5)ccc3n4-c3ccccc3)cc(-c3nc(-c4ccccc4)nc(-c4ccccc4)n3)c2)cc1. The molecule has 6 nitrogen and oxygen atoms in total. The average Bonchev–Trinajstić information content (AvgIpc) is 3.60. The summed E-state index contributed by atoms with van der Waals surface area (Å²) in [4.78, 5) is 24.1. The third-order valence-corrected chi connectivity index (χ3v) is 9.97. The van der Waals surface area contributed by atoms with Crippen molar-refractivity contribution in [3.05, 3.63) is 195 Å². The second-order valence-electron chi connectivity index (χ2n) is 13.4. The molecule has 10 rings (SSSR count). The van der Waals surface area contributed by atoms with Crippen molar-refractivity contribution in [1.82, 2.24) is 29.5 Å². The lowest BCUT2D eigenvalue weighted by atomic mass is 9.95. The lowest BCUT2D eigenvalue weighted by molar-refractivity contribution is 1.07. The van der Waals surface area contributed by atoms with Crippen LogP contribution in [-0.4, -0.2) is 29.5 Å². The average molecular weight is 705 g/mol. The van der Waals surface area contributed by atoms with E-state index in [4.69, 9.17) is 15.0 Å². The molecule has 0 aliphatic carbocycles. The molecular formula is C49H32N6. The van der Waals surface area contributed by atoms with Gasteiger partial charge in [0.2, 0.25) is 0 Å². The quantitative estimate of drug-likeness (QED) is 0.165. The first-order valence-corrected chi connectivity index (χ1v) is 18.2. The highest BCUT2D eigenvalue weighted by molar-refractivity contribution is 6.11. The molecule has 0 unspecified atom stereocenters. The number of para-hydroxylation sites is 1. The molecule has 0 aliphatic heterocycles. The zero-order chi connectivity index (χ0) is 36.6. The standard InChI is InChI=1S/C49H32N6/c1-5-13-33(14-6-1)38-27-39(29-40(28-38)49-53-47(34-15-7-2-8-16-34)52-48(54-49)35-17-9-3-10-18-35)36-21-23-45-42(30-36)43-31-37(44-32-50-25-26-51-44)22-24-46(43)55(45)41-19-11-4-12-20-41/h1-32H. The summed E-state index contributed by atoms with van der Waals surface area (Å²) in [7, 11) is 0. The summed E-state index contributed by atoms with van der Waals surface area (Å²) in [5.74, 6) is 1.87. The zero-order valence-electron chi connectivity index (χ0n) is 29.7. The van der Waals surface area contributed by atoms with Crippen LogP contribution in [0.2, 0.25) is 0 Å². The van der Waals surface area contributed by atoms with Gasteiger partial charge in [0.25, 0.3) is 0 Å². The molecule has 0 spiro atoms. The second kappa shape index (κ2) is 13.8. The van der Waals surface area contributed by atoms with Gasteiger partial charge >= 0.3 is 0 Å². The summed E-state index contributed by atoms with van der Waals surface area (Å²) < 4.78 is 2.34. The van der Waals surface area contributed by atoms with Crippen molar-refractivity contribution in [1.29, 1.82) is 0 Å². The number of benzene rings is 7. The number of nitrogens with zero attached hydrogens (tertiary/aromatic N) is 6. The molecule has 0 amide bonds. The lowest BCUT2D eigenvalue weighted by Gasteiger charge is -2.13. The molecule has 6 heteroatoms. The summed E-state index contributed by atoms with van der Waals surface area (Å²) in [6, 6.07) is 61.2. The van der Waals surface area contributed by atoms with Gasteiger partial charge in [0, 0.05) is 51.1 Å². The first-order chi connectivity index (χ1) is 27.2. The zero-order valence-corrected chi connectivity index (χ0v) is 29.7. The van der Waals surface area contributed by atoms with Gasteiger partial charge in [-0.25, -0.2) is 15.0 Å². The van der Waals surface area contributed by atoms with Crippen LogP contribution < -0.4 is 0 Å². The fourth-order valence-electron chi connectivity index (χ4n) is 7.32. The van der Waals surface area contributed by atoms with E-state index in [-0.39, 0.29) is 0 Å². The molecule has 0 saturated heterocycles. The molecule has 3 aromatic heterocycles. The smallest absolute Gasteiger partial charge is 0.164 e. The fraction of sp³-hybridized carbons (Fsp3) is 0. The van der Waals surface area contributed by atoms with Crippen LogP contribution in [0.15, 0.2) is 195 Å². The molecule has 7 aromatic carbocycles. The molecule has 3 heterocycles. The minimum absolute atomic E-state index is 0.613. The molecule has 0 atom stereocenters. The molecule has 258 valence electrons. The Hall–Kier alpha value is -7.57. The van der Waals surface area contributed by atoms with Crippen molar-refractivity contribution in [2.75, 3.05) is 0 Å². The summed E-state index contributed by atoms with van der Waals surface area (Å²) in [5.41, 5.74) is 12.3. The number of hydrogen-bond acceptors (Lipinski definition) is 5. The Bertz CT molecular complexity index is 2890. The van der Waals surface area contributed by atoms with E-state index < -0.39 is 0 Å². The van der Waals surface area contributed by atoms with E-state index in [9.17, 15) is 0 Å². The molecule has 0 aliphatic rings. The maximum Gasteiger partial charge on any atom is 0.164 e. The topological polar surface area (TPSA) is 69.4 Å². The molecule has 10 aromatic rings. The van der Waals surface area contributed by atoms with Crippen molar-refractivity contribution in [2.24, 2.45) is 0 Å². The fourth-order valence-corrected chi connectivity index (χ4v) is 7.32.